The zero-order valence-corrected chi connectivity index (χ0v) is 18.0. The van der Waals surface area contributed by atoms with Crippen molar-refractivity contribution in [2.75, 3.05) is 0 Å². The molecule has 0 bridgehead atoms. The zero-order chi connectivity index (χ0) is 21.5. The van der Waals surface area contributed by atoms with Gasteiger partial charge in [-0.15, -0.1) is 0 Å². The van der Waals surface area contributed by atoms with Crippen molar-refractivity contribution >= 4 is 11.6 Å². The fraction of sp³-hybridized carbons (Fsp3) is 0.214. The van der Waals surface area contributed by atoms with Crippen molar-refractivity contribution in [2.45, 2.75) is 39.5 Å². The third kappa shape index (κ3) is 3.66. The van der Waals surface area contributed by atoms with Gasteiger partial charge >= 0.3 is 0 Å². The first-order chi connectivity index (χ1) is 14.3. The molecule has 0 amide bonds. The Morgan fingerprint density at radius 3 is 1.70 bits per heavy atom. The van der Waals surface area contributed by atoms with E-state index in [1.807, 2.05) is 18.2 Å². The van der Waals surface area contributed by atoms with Gasteiger partial charge in [0.05, 0.1) is 0 Å². The van der Waals surface area contributed by atoms with Crippen LogP contribution >= 0.6 is 0 Å². The zero-order valence-electron chi connectivity index (χ0n) is 18.0. The molecule has 0 aliphatic heterocycles. The Bertz CT molecular complexity index is 1150. The summed E-state index contributed by atoms with van der Waals surface area (Å²) in [4.78, 5) is 25.7. The molecule has 1 aliphatic rings. The minimum Gasteiger partial charge on any atom is -0.289 e. The molecule has 2 nitrogen and oxygen atoms in total. The number of ketones is 2. The maximum atomic E-state index is 13.0. The summed E-state index contributed by atoms with van der Waals surface area (Å²) in [5.41, 5.74) is 6.96. The Morgan fingerprint density at radius 1 is 0.667 bits per heavy atom. The molecule has 2 heteroatoms. The molecular formula is C28H26O2. The molecule has 0 unspecified atom stereocenters. The average Bonchev–Trinajstić information content (AvgIpc) is 2.75. The molecule has 0 radical (unpaired) electrons. The van der Waals surface area contributed by atoms with Gasteiger partial charge in [0.2, 0.25) is 0 Å². The van der Waals surface area contributed by atoms with Crippen molar-refractivity contribution in [3.63, 3.8) is 0 Å². The molecule has 0 saturated heterocycles. The predicted molar refractivity (Wildman–Crippen MR) is 122 cm³/mol. The van der Waals surface area contributed by atoms with Crippen molar-refractivity contribution in [3.05, 3.63) is 106 Å². The van der Waals surface area contributed by atoms with Gasteiger partial charge < -0.3 is 0 Å². The largest absolute Gasteiger partial charge is 0.289 e. The topological polar surface area (TPSA) is 34.1 Å². The van der Waals surface area contributed by atoms with E-state index in [4.69, 9.17) is 0 Å². The Morgan fingerprint density at radius 2 is 1.17 bits per heavy atom. The molecule has 150 valence electrons. The molecule has 3 aromatic carbocycles. The van der Waals surface area contributed by atoms with Gasteiger partial charge in [0.25, 0.3) is 0 Å². The number of fused-ring (bicyclic) bond motifs is 1. The Labute approximate surface area is 178 Å². The number of carbonyl (C=O) groups is 2. The molecular weight excluding hydrogens is 368 g/mol. The Balaban J connectivity index is 1.58. The van der Waals surface area contributed by atoms with E-state index in [2.05, 4.69) is 57.2 Å². The molecule has 4 rings (SSSR count). The van der Waals surface area contributed by atoms with Crippen LogP contribution in [0.3, 0.4) is 0 Å². The summed E-state index contributed by atoms with van der Waals surface area (Å²) in [5, 5.41) is 0. The molecule has 0 atom stereocenters. The van der Waals surface area contributed by atoms with E-state index >= 15 is 0 Å². The van der Waals surface area contributed by atoms with Crippen LogP contribution in [-0.2, 0) is 11.8 Å². The highest BCUT2D eigenvalue weighted by Crippen LogP contribution is 2.30. The van der Waals surface area contributed by atoms with E-state index in [0.29, 0.717) is 28.7 Å². The van der Waals surface area contributed by atoms with E-state index < -0.39 is 0 Å². The van der Waals surface area contributed by atoms with Crippen molar-refractivity contribution in [1.29, 1.82) is 0 Å². The Hall–Kier alpha value is -3.26. The van der Waals surface area contributed by atoms with Gasteiger partial charge in [-0.2, -0.15) is 0 Å². The van der Waals surface area contributed by atoms with Gasteiger partial charge in [0.15, 0.2) is 11.6 Å². The fourth-order valence-electron chi connectivity index (χ4n) is 3.95. The van der Waals surface area contributed by atoms with Crippen molar-refractivity contribution in [2.24, 2.45) is 0 Å². The number of carbonyl (C=O) groups excluding carboxylic acids is 2. The van der Waals surface area contributed by atoms with Crippen molar-refractivity contribution < 1.29 is 9.59 Å². The third-order valence-corrected chi connectivity index (χ3v) is 5.90. The summed E-state index contributed by atoms with van der Waals surface area (Å²) >= 11 is 0. The number of hydrogen-bond donors (Lipinski definition) is 0. The van der Waals surface area contributed by atoms with Crippen LogP contribution in [0.15, 0.2) is 83.9 Å². The van der Waals surface area contributed by atoms with Gasteiger partial charge in [0, 0.05) is 28.7 Å². The maximum absolute atomic E-state index is 13.0. The van der Waals surface area contributed by atoms with Crippen molar-refractivity contribution in [1.82, 2.24) is 0 Å². The molecule has 3 aromatic rings. The monoisotopic (exact) mass is 394 g/mol. The molecule has 0 spiro atoms. The first-order valence-corrected chi connectivity index (χ1v) is 10.3. The molecule has 0 aromatic heterocycles. The van der Waals surface area contributed by atoms with Crippen LogP contribution in [-0.4, -0.2) is 11.6 Å². The summed E-state index contributed by atoms with van der Waals surface area (Å²) in [6.45, 7) is 8.39. The average molecular weight is 395 g/mol. The lowest BCUT2D eigenvalue weighted by Gasteiger charge is -2.19. The van der Waals surface area contributed by atoms with Gasteiger partial charge in [0.1, 0.15) is 0 Å². The lowest BCUT2D eigenvalue weighted by atomic mass is 9.82. The first kappa shape index (κ1) is 20.0. The normalized spacial score (nSPS) is 14.1. The van der Waals surface area contributed by atoms with Crippen LogP contribution in [0.1, 0.15) is 59.5 Å². The smallest absolute Gasteiger partial charge is 0.190 e. The minimum absolute atomic E-state index is 0.0375. The van der Waals surface area contributed by atoms with E-state index in [1.54, 1.807) is 25.1 Å². The number of Topliss-reactive ketones (excluding diaryl/α,β-unsaturated/α-hetero) is 2. The number of hydrogen-bond acceptors (Lipinski definition) is 2. The lowest BCUT2D eigenvalue weighted by Crippen LogP contribution is -2.22. The van der Waals surface area contributed by atoms with Crippen LogP contribution in [0.2, 0.25) is 0 Å². The summed E-state index contributed by atoms with van der Waals surface area (Å²) in [7, 11) is 0. The molecule has 0 heterocycles. The van der Waals surface area contributed by atoms with Gasteiger partial charge in [-0.05, 0) is 34.6 Å². The second kappa shape index (κ2) is 7.53. The summed E-state index contributed by atoms with van der Waals surface area (Å²) in [6.07, 6.45) is 0.466. The standard InChI is InChI=1S/C28H26O2/c1-18-25(27(30)24-8-6-5-7-23(24)26(18)29)17-19-9-11-20(12-10-19)21-13-15-22(16-14-21)28(2,3)4/h5-16H,17H2,1-4H3. The molecule has 0 fully saturated rings. The van der Waals surface area contributed by atoms with Crippen molar-refractivity contribution in [3.8, 4) is 11.1 Å². The molecule has 1 aliphatic carbocycles. The van der Waals surface area contributed by atoms with Crippen LogP contribution in [0.4, 0.5) is 0 Å². The summed E-state index contributed by atoms with van der Waals surface area (Å²) in [5.74, 6) is -0.0831. The number of allylic oxidation sites excluding steroid dienone is 2. The first-order valence-electron chi connectivity index (χ1n) is 10.3. The minimum atomic E-state index is -0.0456. The highest BCUT2D eigenvalue weighted by Gasteiger charge is 2.29. The second-order valence-corrected chi connectivity index (χ2v) is 9.01. The summed E-state index contributed by atoms with van der Waals surface area (Å²) in [6, 6.07) is 24.0. The van der Waals surface area contributed by atoms with Gasteiger partial charge in [-0.1, -0.05) is 93.6 Å². The van der Waals surface area contributed by atoms with Crippen LogP contribution in [0.25, 0.3) is 11.1 Å². The van der Waals surface area contributed by atoms with E-state index in [1.165, 1.54) is 11.1 Å². The van der Waals surface area contributed by atoms with E-state index in [0.717, 1.165) is 11.1 Å². The second-order valence-electron chi connectivity index (χ2n) is 9.01. The van der Waals surface area contributed by atoms with E-state index in [-0.39, 0.29) is 17.0 Å². The quantitative estimate of drug-likeness (QED) is 0.502. The van der Waals surface area contributed by atoms with Crippen LogP contribution in [0.5, 0.6) is 0 Å². The fourth-order valence-corrected chi connectivity index (χ4v) is 3.95. The maximum Gasteiger partial charge on any atom is 0.190 e. The molecule has 0 saturated carbocycles. The van der Waals surface area contributed by atoms with Gasteiger partial charge in [-0.25, -0.2) is 0 Å². The highest BCUT2D eigenvalue weighted by atomic mass is 16.1. The van der Waals surface area contributed by atoms with Gasteiger partial charge in [-0.3, -0.25) is 9.59 Å². The number of rotatable bonds is 3. The molecule has 0 N–H and O–H groups in total. The predicted octanol–water partition coefficient (Wildman–Crippen LogP) is 6.59. The SMILES string of the molecule is CC1=C(Cc2ccc(-c3ccc(C(C)(C)C)cc3)cc2)C(=O)c2ccccc2C1=O. The summed E-state index contributed by atoms with van der Waals surface area (Å²) < 4.78 is 0. The number of benzene rings is 3. The lowest BCUT2D eigenvalue weighted by molar-refractivity contribution is 0.0973. The van der Waals surface area contributed by atoms with Crippen LogP contribution < -0.4 is 0 Å². The highest BCUT2D eigenvalue weighted by molar-refractivity contribution is 6.26. The molecule has 30 heavy (non-hydrogen) atoms. The third-order valence-electron chi connectivity index (χ3n) is 5.90. The van der Waals surface area contributed by atoms with E-state index in [9.17, 15) is 9.59 Å². The van der Waals surface area contributed by atoms with Crippen LogP contribution in [0, 0.1) is 0 Å². The Kier molecular flexibility index (Phi) is 5.03.